The van der Waals surface area contributed by atoms with Gasteiger partial charge < -0.3 is 0 Å². The molecule has 0 spiro atoms. The topological polar surface area (TPSA) is 30.0 Å². The predicted molar refractivity (Wildman–Crippen MR) is 72.0 cm³/mol. The van der Waals surface area contributed by atoms with E-state index in [1.807, 2.05) is 0 Å². The van der Waals surface area contributed by atoms with E-state index in [1.165, 1.54) is 6.42 Å². The largest absolute Gasteiger partial charge is 0.443 e. The lowest BCUT2D eigenvalue weighted by Gasteiger charge is -2.53. The Morgan fingerprint density at radius 2 is 1.67 bits per heavy atom. The number of carbonyl (C=O) groups excluding carboxylic acids is 1. The first-order valence-electron chi connectivity index (χ1n) is 7.49. The zero-order valence-electron chi connectivity index (χ0n) is 11.4. The standard InChI is InChI=1S/C15H16F3NOS/c16-15(17,18)14-19-6-11(21-14)13(20)12-9-2-7-1-8(4-9)5-10(12)3-7/h6-10,12H,1-5H2. The van der Waals surface area contributed by atoms with Crippen LogP contribution in [0.15, 0.2) is 6.20 Å². The molecule has 4 aliphatic carbocycles. The molecular weight excluding hydrogens is 299 g/mol. The summed E-state index contributed by atoms with van der Waals surface area (Å²) < 4.78 is 37.9. The van der Waals surface area contributed by atoms with Gasteiger partial charge in [-0.2, -0.15) is 13.2 Å². The molecule has 21 heavy (non-hydrogen) atoms. The minimum Gasteiger partial charge on any atom is -0.293 e. The van der Waals surface area contributed by atoms with Gasteiger partial charge >= 0.3 is 6.18 Å². The monoisotopic (exact) mass is 315 g/mol. The fourth-order valence-electron chi connectivity index (χ4n) is 5.04. The van der Waals surface area contributed by atoms with E-state index in [1.54, 1.807) is 0 Å². The van der Waals surface area contributed by atoms with Gasteiger partial charge in [0.2, 0.25) is 0 Å². The number of thiazole rings is 1. The van der Waals surface area contributed by atoms with Crippen molar-refractivity contribution in [2.45, 2.75) is 38.3 Å². The van der Waals surface area contributed by atoms with E-state index >= 15 is 0 Å². The number of hydrogen-bond donors (Lipinski definition) is 0. The molecule has 114 valence electrons. The second-order valence-electron chi connectivity index (χ2n) is 6.85. The van der Waals surface area contributed by atoms with Gasteiger partial charge in [-0.3, -0.25) is 4.79 Å². The molecule has 0 aromatic carbocycles. The molecule has 5 rings (SSSR count). The highest BCUT2D eigenvalue weighted by molar-refractivity contribution is 7.13. The number of rotatable bonds is 2. The van der Waals surface area contributed by atoms with Crippen molar-refractivity contribution in [2.24, 2.45) is 29.6 Å². The molecule has 0 radical (unpaired) electrons. The number of carbonyl (C=O) groups is 1. The van der Waals surface area contributed by atoms with Gasteiger partial charge in [0.25, 0.3) is 0 Å². The van der Waals surface area contributed by atoms with Gasteiger partial charge in [0.1, 0.15) is 0 Å². The SMILES string of the molecule is O=C(c1cnc(C(F)(F)F)s1)C1C2CC3CC(C2)CC1C3. The number of ketones is 1. The maximum Gasteiger partial charge on any atom is 0.443 e. The van der Waals surface area contributed by atoms with Gasteiger partial charge in [-0.25, -0.2) is 4.98 Å². The number of aromatic nitrogens is 1. The summed E-state index contributed by atoms with van der Waals surface area (Å²) >= 11 is 0.507. The molecule has 4 bridgehead atoms. The number of nitrogens with zero attached hydrogens (tertiary/aromatic N) is 1. The molecule has 1 aromatic heterocycles. The summed E-state index contributed by atoms with van der Waals surface area (Å²) in [4.78, 5) is 16.3. The second kappa shape index (κ2) is 4.54. The van der Waals surface area contributed by atoms with Gasteiger partial charge in [-0.15, -0.1) is 11.3 Å². The molecule has 4 saturated carbocycles. The predicted octanol–water partition coefficient (Wildman–Crippen LogP) is 4.42. The van der Waals surface area contributed by atoms with E-state index in [0.717, 1.165) is 43.7 Å². The number of hydrogen-bond acceptors (Lipinski definition) is 3. The van der Waals surface area contributed by atoms with E-state index < -0.39 is 11.2 Å². The molecule has 4 fully saturated rings. The smallest absolute Gasteiger partial charge is 0.293 e. The highest BCUT2D eigenvalue weighted by atomic mass is 32.1. The molecule has 4 aliphatic rings. The third kappa shape index (κ3) is 2.22. The molecule has 1 aromatic rings. The lowest BCUT2D eigenvalue weighted by atomic mass is 9.51. The van der Waals surface area contributed by atoms with E-state index in [0.29, 0.717) is 23.2 Å². The van der Waals surface area contributed by atoms with Crippen molar-refractivity contribution in [3.63, 3.8) is 0 Å². The fourth-order valence-corrected chi connectivity index (χ4v) is 5.81. The first kappa shape index (κ1) is 13.7. The van der Waals surface area contributed by atoms with Gasteiger partial charge in [0, 0.05) is 12.1 Å². The van der Waals surface area contributed by atoms with Crippen molar-refractivity contribution >= 4 is 17.1 Å². The summed E-state index contributed by atoms with van der Waals surface area (Å²) in [7, 11) is 0. The van der Waals surface area contributed by atoms with Crippen molar-refractivity contribution in [1.82, 2.24) is 4.98 Å². The van der Waals surface area contributed by atoms with Crippen LogP contribution in [0.5, 0.6) is 0 Å². The summed E-state index contributed by atoms with van der Waals surface area (Å²) in [5.74, 6) is 2.15. The first-order chi connectivity index (χ1) is 9.91. The second-order valence-corrected chi connectivity index (χ2v) is 7.88. The molecular formula is C15H16F3NOS. The molecule has 0 saturated heterocycles. The summed E-state index contributed by atoms with van der Waals surface area (Å²) in [5.41, 5.74) is 0. The van der Waals surface area contributed by atoms with Crippen LogP contribution in [0.1, 0.15) is 46.8 Å². The van der Waals surface area contributed by atoms with Crippen LogP contribution >= 0.6 is 11.3 Å². The van der Waals surface area contributed by atoms with E-state index in [9.17, 15) is 18.0 Å². The van der Waals surface area contributed by atoms with Crippen molar-refractivity contribution in [3.05, 3.63) is 16.1 Å². The van der Waals surface area contributed by atoms with Crippen LogP contribution < -0.4 is 0 Å². The summed E-state index contributed by atoms with van der Waals surface area (Å²) in [6.45, 7) is 0. The Morgan fingerprint density at radius 3 is 2.14 bits per heavy atom. The number of halogens is 3. The minimum atomic E-state index is -4.45. The molecule has 0 N–H and O–H groups in total. The van der Waals surface area contributed by atoms with Crippen molar-refractivity contribution in [1.29, 1.82) is 0 Å². The van der Waals surface area contributed by atoms with Crippen LogP contribution in [-0.2, 0) is 6.18 Å². The van der Waals surface area contributed by atoms with Crippen molar-refractivity contribution < 1.29 is 18.0 Å². The Kier molecular flexibility index (Phi) is 2.97. The van der Waals surface area contributed by atoms with E-state index in [2.05, 4.69) is 4.98 Å². The van der Waals surface area contributed by atoms with Crippen LogP contribution in [0.4, 0.5) is 13.2 Å². The highest BCUT2D eigenvalue weighted by Crippen LogP contribution is 2.57. The zero-order chi connectivity index (χ0) is 14.8. The van der Waals surface area contributed by atoms with Gasteiger partial charge in [-0.05, 0) is 55.8 Å². The quantitative estimate of drug-likeness (QED) is 0.756. The molecule has 0 amide bonds. The Balaban J connectivity index is 1.59. The maximum absolute atomic E-state index is 12.7. The molecule has 6 heteroatoms. The Morgan fingerprint density at radius 1 is 1.10 bits per heavy atom. The van der Waals surface area contributed by atoms with Crippen LogP contribution in [0.3, 0.4) is 0 Å². The van der Waals surface area contributed by atoms with Crippen molar-refractivity contribution in [2.75, 3.05) is 0 Å². The minimum absolute atomic E-state index is 0.0562. The number of alkyl halides is 3. The van der Waals surface area contributed by atoms with Gasteiger partial charge in [-0.1, -0.05) is 0 Å². The highest BCUT2D eigenvalue weighted by Gasteiger charge is 2.51. The van der Waals surface area contributed by atoms with Crippen LogP contribution in [0, 0.1) is 29.6 Å². The average molecular weight is 315 g/mol. The van der Waals surface area contributed by atoms with Crippen LogP contribution in [0.25, 0.3) is 0 Å². The number of Topliss-reactive ketones (excluding diaryl/α,β-unsaturated/α-hetero) is 1. The summed E-state index contributed by atoms with van der Waals surface area (Å²) in [6, 6.07) is 0. The zero-order valence-corrected chi connectivity index (χ0v) is 12.2. The third-order valence-electron chi connectivity index (χ3n) is 5.52. The Bertz CT molecular complexity index is 552. The van der Waals surface area contributed by atoms with Gasteiger partial charge in [0.05, 0.1) is 4.88 Å². The molecule has 0 aliphatic heterocycles. The Hall–Kier alpha value is -0.910. The lowest BCUT2D eigenvalue weighted by molar-refractivity contribution is -0.137. The van der Waals surface area contributed by atoms with E-state index in [-0.39, 0.29) is 16.6 Å². The molecule has 2 nitrogen and oxygen atoms in total. The third-order valence-corrected chi connectivity index (χ3v) is 6.58. The van der Waals surface area contributed by atoms with Gasteiger partial charge in [0.15, 0.2) is 10.8 Å². The molecule has 0 unspecified atom stereocenters. The Labute approximate surface area is 124 Å². The first-order valence-corrected chi connectivity index (χ1v) is 8.30. The maximum atomic E-state index is 12.7. The molecule has 1 heterocycles. The van der Waals surface area contributed by atoms with Crippen molar-refractivity contribution in [3.8, 4) is 0 Å². The van der Waals surface area contributed by atoms with Crippen LogP contribution in [-0.4, -0.2) is 10.8 Å². The summed E-state index contributed by atoms with van der Waals surface area (Å²) in [5, 5.41) is -0.908. The lowest BCUT2D eigenvalue weighted by Crippen LogP contribution is -2.47. The van der Waals surface area contributed by atoms with E-state index in [4.69, 9.17) is 0 Å². The normalized spacial score (nSPS) is 38.0. The fraction of sp³-hybridized carbons (Fsp3) is 0.733. The van der Waals surface area contributed by atoms with Crippen LogP contribution in [0.2, 0.25) is 0 Å². The molecule has 0 atom stereocenters. The average Bonchev–Trinajstić information content (AvgIpc) is 2.86. The summed E-state index contributed by atoms with van der Waals surface area (Å²) in [6.07, 6.45) is 2.34.